The minimum absolute atomic E-state index is 0.0130. The van der Waals surface area contributed by atoms with Crippen LogP contribution in [0, 0.1) is 13.8 Å². The van der Waals surface area contributed by atoms with E-state index in [2.05, 4.69) is 15.3 Å². The van der Waals surface area contributed by atoms with E-state index in [4.69, 9.17) is 0 Å². The number of aryl methyl sites for hydroxylation is 2. The van der Waals surface area contributed by atoms with Crippen LogP contribution >= 0.6 is 0 Å². The summed E-state index contributed by atoms with van der Waals surface area (Å²) in [6, 6.07) is 9.65. The van der Waals surface area contributed by atoms with Gasteiger partial charge < -0.3 is 10.4 Å². The van der Waals surface area contributed by atoms with Crippen molar-refractivity contribution in [2.24, 2.45) is 0 Å². The molecule has 1 atom stereocenters. The van der Waals surface area contributed by atoms with Crippen molar-refractivity contribution in [3.8, 4) is 0 Å². The fourth-order valence-corrected chi connectivity index (χ4v) is 1.76. The molecule has 1 heterocycles. The molecular weight excluding hydrogens is 226 g/mol. The van der Waals surface area contributed by atoms with Gasteiger partial charge in [0.1, 0.15) is 5.82 Å². The topological polar surface area (TPSA) is 58.0 Å². The molecule has 4 heteroatoms. The van der Waals surface area contributed by atoms with Gasteiger partial charge in [-0.1, -0.05) is 30.3 Å². The summed E-state index contributed by atoms with van der Waals surface area (Å²) in [6.45, 7) is 3.81. The van der Waals surface area contributed by atoms with Gasteiger partial charge in [0, 0.05) is 6.20 Å². The molecular formula is C14H17N3O. The van der Waals surface area contributed by atoms with Crippen LogP contribution in [0.15, 0.2) is 36.5 Å². The Bertz CT molecular complexity index is 514. The highest BCUT2D eigenvalue weighted by Gasteiger charge is 2.12. The summed E-state index contributed by atoms with van der Waals surface area (Å²) in [4.78, 5) is 8.65. The van der Waals surface area contributed by atoms with Crippen molar-refractivity contribution in [3.05, 3.63) is 53.5 Å². The number of rotatable bonds is 4. The van der Waals surface area contributed by atoms with Crippen LogP contribution in [-0.4, -0.2) is 21.7 Å². The molecule has 94 valence electrons. The Morgan fingerprint density at radius 2 is 1.94 bits per heavy atom. The number of anilines is 1. The zero-order chi connectivity index (χ0) is 13.0. The standard InChI is InChI=1S/C14H17N3O/c1-10-8-15-11(2)14(16-10)17-13(9-18)12-6-4-3-5-7-12/h3-8,13,18H,9H2,1-2H3,(H,16,17). The fraction of sp³-hybridized carbons (Fsp3) is 0.286. The van der Waals surface area contributed by atoms with E-state index in [1.807, 2.05) is 44.2 Å². The summed E-state index contributed by atoms with van der Waals surface area (Å²) in [7, 11) is 0. The van der Waals surface area contributed by atoms with Crippen LogP contribution in [0.3, 0.4) is 0 Å². The Hall–Kier alpha value is -1.94. The van der Waals surface area contributed by atoms with Gasteiger partial charge in [0.25, 0.3) is 0 Å². The molecule has 0 amide bonds. The molecule has 2 rings (SSSR count). The minimum atomic E-state index is -0.166. The first-order valence-electron chi connectivity index (χ1n) is 5.93. The van der Waals surface area contributed by atoms with Crippen LogP contribution in [0.1, 0.15) is 23.0 Å². The second-order valence-corrected chi connectivity index (χ2v) is 4.24. The predicted molar refractivity (Wildman–Crippen MR) is 71.4 cm³/mol. The number of benzene rings is 1. The molecule has 2 N–H and O–H groups in total. The average molecular weight is 243 g/mol. The number of nitrogens with one attached hydrogen (secondary N) is 1. The molecule has 0 saturated heterocycles. The minimum Gasteiger partial charge on any atom is -0.394 e. The van der Waals surface area contributed by atoms with Gasteiger partial charge in [0.2, 0.25) is 0 Å². The lowest BCUT2D eigenvalue weighted by molar-refractivity contribution is 0.276. The molecule has 1 aromatic carbocycles. The largest absolute Gasteiger partial charge is 0.394 e. The van der Waals surface area contributed by atoms with Crippen molar-refractivity contribution in [2.45, 2.75) is 19.9 Å². The molecule has 0 saturated carbocycles. The molecule has 2 aromatic rings. The molecule has 0 spiro atoms. The average Bonchev–Trinajstić information content (AvgIpc) is 2.41. The zero-order valence-corrected chi connectivity index (χ0v) is 10.6. The first-order chi connectivity index (χ1) is 8.70. The van der Waals surface area contributed by atoms with E-state index in [1.54, 1.807) is 6.20 Å². The summed E-state index contributed by atoms with van der Waals surface area (Å²) < 4.78 is 0. The van der Waals surface area contributed by atoms with Crippen LogP contribution in [-0.2, 0) is 0 Å². The van der Waals surface area contributed by atoms with Crippen molar-refractivity contribution in [1.29, 1.82) is 0 Å². The van der Waals surface area contributed by atoms with Gasteiger partial charge in [0.15, 0.2) is 0 Å². The lowest BCUT2D eigenvalue weighted by Gasteiger charge is -2.18. The number of aromatic nitrogens is 2. The molecule has 0 aliphatic rings. The Morgan fingerprint density at radius 1 is 1.22 bits per heavy atom. The highest BCUT2D eigenvalue weighted by atomic mass is 16.3. The van der Waals surface area contributed by atoms with Gasteiger partial charge >= 0.3 is 0 Å². The summed E-state index contributed by atoms with van der Waals surface area (Å²) in [5.41, 5.74) is 2.71. The highest BCUT2D eigenvalue weighted by molar-refractivity contribution is 5.42. The summed E-state index contributed by atoms with van der Waals surface area (Å²) in [6.07, 6.45) is 1.73. The molecule has 18 heavy (non-hydrogen) atoms. The van der Waals surface area contributed by atoms with Crippen LogP contribution < -0.4 is 5.32 Å². The lowest BCUT2D eigenvalue weighted by Crippen LogP contribution is -2.17. The van der Waals surface area contributed by atoms with Gasteiger partial charge in [-0.25, -0.2) is 4.98 Å². The molecule has 0 radical (unpaired) electrons. The van der Waals surface area contributed by atoms with Crippen molar-refractivity contribution >= 4 is 5.82 Å². The molecule has 0 aliphatic heterocycles. The van der Waals surface area contributed by atoms with Gasteiger partial charge in [0.05, 0.1) is 24.0 Å². The monoisotopic (exact) mass is 243 g/mol. The number of nitrogens with zero attached hydrogens (tertiary/aromatic N) is 2. The van der Waals surface area contributed by atoms with Crippen molar-refractivity contribution in [2.75, 3.05) is 11.9 Å². The number of hydrogen-bond donors (Lipinski definition) is 2. The third kappa shape index (κ3) is 2.84. The Kier molecular flexibility index (Phi) is 3.89. The number of hydrogen-bond acceptors (Lipinski definition) is 4. The Labute approximate surface area is 107 Å². The summed E-state index contributed by atoms with van der Waals surface area (Å²) in [5.74, 6) is 0.720. The summed E-state index contributed by atoms with van der Waals surface area (Å²) >= 11 is 0. The molecule has 4 nitrogen and oxygen atoms in total. The van der Waals surface area contributed by atoms with E-state index < -0.39 is 0 Å². The maximum Gasteiger partial charge on any atom is 0.148 e. The summed E-state index contributed by atoms with van der Waals surface area (Å²) in [5, 5.41) is 12.7. The van der Waals surface area contributed by atoms with E-state index in [1.165, 1.54) is 0 Å². The molecule has 1 aromatic heterocycles. The quantitative estimate of drug-likeness (QED) is 0.864. The number of aliphatic hydroxyl groups excluding tert-OH is 1. The molecule has 0 fully saturated rings. The van der Waals surface area contributed by atoms with Crippen molar-refractivity contribution in [3.63, 3.8) is 0 Å². The smallest absolute Gasteiger partial charge is 0.148 e. The van der Waals surface area contributed by atoms with Gasteiger partial charge in [-0.3, -0.25) is 4.98 Å². The normalized spacial score (nSPS) is 12.2. The number of aliphatic hydroxyl groups is 1. The van der Waals surface area contributed by atoms with Crippen LogP contribution in [0.4, 0.5) is 5.82 Å². The second-order valence-electron chi connectivity index (χ2n) is 4.24. The Balaban J connectivity index is 2.23. The van der Waals surface area contributed by atoms with E-state index in [-0.39, 0.29) is 12.6 Å². The third-order valence-electron chi connectivity index (χ3n) is 2.77. The van der Waals surface area contributed by atoms with Crippen LogP contribution in [0.2, 0.25) is 0 Å². The highest BCUT2D eigenvalue weighted by Crippen LogP contribution is 2.19. The first-order valence-corrected chi connectivity index (χ1v) is 5.93. The van der Waals surface area contributed by atoms with Gasteiger partial charge in [-0.15, -0.1) is 0 Å². The zero-order valence-electron chi connectivity index (χ0n) is 10.6. The maximum atomic E-state index is 9.49. The lowest BCUT2D eigenvalue weighted by atomic mass is 10.1. The van der Waals surface area contributed by atoms with E-state index >= 15 is 0 Å². The predicted octanol–water partition coefficient (Wildman–Crippen LogP) is 2.24. The van der Waals surface area contributed by atoms with Crippen molar-refractivity contribution in [1.82, 2.24) is 9.97 Å². The molecule has 0 bridgehead atoms. The second kappa shape index (κ2) is 5.60. The SMILES string of the molecule is Cc1cnc(C)c(NC(CO)c2ccccc2)n1. The molecule has 1 unspecified atom stereocenters. The van der Waals surface area contributed by atoms with E-state index in [0.29, 0.717) is 0 Å². The van der Waals surface area contributed by atoms with Crippen molar-refractivity contribution < 1.29 is 5.11 Å². The molecule has 0 aliphatic carbocycles. The first kappa shape index (κ1) is 12.5. The third-order valence-corrected chi connectivity index (χ3v) is 2.77. The van der Waals surface area contributed by atoms with E-state index in [9.17, 15) is 5.11 Å². The van der Waals surface area contributed by atoms with Gasteiger partial charge in [-0.05, 0) is 19.4 Å². The Morgan fingerprint density at radius 3 is 2.61 bits per heavy atom. The van der Waals surface area contributed by atoms with Crippen LogP contribution in [0.25, 0.3) is 0 Å². The van der Waals surface area contributed by atoms with E-state index in [0.717, 1.165) is 22.8 Å². The van der Waals surface area contributed by atoms with Gasteiger partial charge in [-0.2, -0.15) is 0 Å². The fourth-order valence-electron chi connectivity index (χ4n) is 1.76. The maximum absolute atomic E-state index is 9.49. The van der Waals surface area contributed by atoms with Crippen LogP contribution in [0.5, 0.6) is 0 Å².